The van der Waals surface area contributed by atoms with Gasteiger partial charge in [-0.2, -0.15) is 0 Å². The Bertz CT molecular complexity index is 955. The number of hydrazine groups is 1. The van der Waals surface area contributed by atoms with Crippen LogP contribution in [0.3, 0.4) is 0 Å². The highest BCUT2D eigenvalue weighted by Crippen LogP contribution is 2.31. The molecule has 0 aliphatic carbocycles. The third-order valence-electron chi connectivity index (χ3n) is 4.28. The molecule has 4 rings (SSSR count). The minimum atomic E-state index is 0.964. The molecule has 0 atom stereocenters. The summed E-state index contributed by atoms with van der Waals surface area (Å²) in [5, 5.41) is 4.08. The zero-order valence-electron chi connectivity index (χ0n) is 13.3. The zero-order chi connectivity index (χ0) is 16.4. The first-order valence-corrected chi connectivity index (χ1v) is 8.01. The van der Waals surface area contributed by atoms with Crippen molar-refractivity contribution in [2.45, 2.75) is 0 Å². The molecular weight excluding hydrogens is 292 g/mol. The van der Waals surface area contributed by atoms with Gasteiger partial charge in [0.15, 0.2) is 0 Å². The number of benzene rings is 4. The number of rotatable bonds is 3. The molecule has 0 saturated carbocycles. The number of nitrogens with two attached hydrogens (primary N) is 1. The number of fused-ring (bicyclic) bond motifs is 1. The zero-order valence-corrected chi connectivity index (χ0v) is 13.3. The molecule has 0 saturated heterocycles. The van der Waals surface area contributed by atoms with Gasteiger partial charge in [-0.15, -0.1) is 0 Å². The van der Waals surface area contributed by atoms with Crippen molar-refractivity contribution in [2.75, 3.05) is 5.01 Å². The first-order chi connectivity index (χ1) is 11.8. The Labute approximate surface area is 141 Å². The molecule has 0 heterocycles. The Kier molecular flexibility index (Phi) is 3.73. The minimum Gasteiger partial charge on any atom is -0.279 e. The molecule has 0 aromatic heterocycles. The van der Waals surface area contributed by atoms with Crippen molar-refractivity contribution in [3.63, 3.8) is 0 Å². The third kappa shape index (κ3) is 2.64. The third-order valence-corrected chi connectivity index (χ3v) is 4.28. The van der Waals surface area contributed by atoms with E-state index in [2.05, 4.69) is 66.7 Å². The first kappa shape index (κ1) is 14.5. The largest absolute Gasteiger partial charge is 0.279 e. The summed E-state index contributed by atoms with van der Waals surface area (Å²) in [6.45, 7) is 0. The van der Waals surface area contributed by atoms with E-state index in [-0.39, 0.29) is 0 Å². The molecule has 0 radical (unpaired) electrons. The van der Waals surface area contributed by atoms with Crippen LogP contribution in [0.1, 0.15) is 0 Å². The molecule has 116 valence electrons. The molecule has 4 aromatic rings. The molecule has 4 aromatic carbocycles. The molecule has 24 heavy (non-hydrogen) atoms. The van der Waals surface area contributed by atoms with Crippen LogP contribution >= 0.6 is 0 Å². The molecule has 0 bridgehead atoms. The molecule has 2 heteroatoms. The van der Waals surface area contributed by atoms with E-state index in [1.807, 2.05) is 30.3 Å². The maximum atomic E-state index is 6.40. The van der Waals surface area contributed by atoms with Gasteiger partial charge in [0, 0.05) is 5.39 Å². The Hall–Kier alpha value is -3.10. The van der Waals surface area contributed by atoms with Crippen molar-refractivity contribution in [1.29, 1.82) is 0 Å². The normalized spacial score (nSPS) is 10.7. The van der Waals surface area contributed by atoms with Crippen LogP contribution < -0.4 is 10.9 Å². The van der Waals surface area contributed by atoms with E-state index in [1.54, 1.807) is 5.01 Å². The summed E-state index contributed by atoms with van der Waals surface area (Å²) in [7, 11) is 0. The fourth-order valence-corrected chi connectivity index (χ4v) is 3.00. The molecule has 2 nitrogen and oxygen atoms in total. The van der Waals surface area contributed by atoms with E-state index in [1.165, 1.54) is 16.5 Å². The second-order valence-corrected chi connectivity index (χ2v) is 5.78. The van der Waals surface area contributed by atoms with Gasteiger partial charge in [0.1, 0.15) is 0 Å². The lowest BCUT2D eigenvalue weighted by atomic mass is 10.0. The van der Waals surface area contributed by atoms with Crippen LogP contribution in [-0.2, 0) is 0 Å². The summed E-state index contributed by atoms with van der Waals surface area (Å²) in [6, 6.07) is 33.2. The number of hydrogen-bond acceptors (Lipinski definition) is 2. The van der Waals surface area contributed by atoms with Crippen molar-refractivity contribution >= 4 is 22.1 Å². The van der Waals surface area contributed by atoms with Gasteiger partial charge in [0.25, 0.3) is 0 Å². The van der Waals surface area contributed by atoms with Crippen LogP contribution in [0.5, 0.6) is 0 Å². The number of anilines is 2. The Morgan fingerprint density at radius 2 is 1.17 bits per heavy atom. The Morgan fingerprint density at radius 3 is 1.96 bits per heavy atom. The quantitative estimate of drug-likeness (QED) is 0.399. The van der Waals surface area contributed by atoms with Crippen molar-refractivity contribution in [1.82, 2.24) is 0 Å². The fourth-order valence-electron chi connectivity index (χ4n) is 3.00. The molecule has 0 amide bonds. The summed E-state index contributed by atoms with van der Waals surface area (Å²) in [5.41, 5.74) is 4.36. The average Bonchev–Trinajstić information content (AvgIpc) is 2.68. The topological polar surface area (TPSA) is 29.3 Å². The minimum absolute atomic E-state index is 0.964. The number of nitrogens with zero attached hydrogens (tertiary/aromatic N) is 1. The van der Waals surface area contributed by atoms with Gasteiger partial charge in [0.2, 0.25) is 0 Å². The van der Waals surface area contributed by atoms with E-state index < -0.39 is 0 Å². The molecule has 0 unspecified atom stereocenters. The highest BCUT2D eigenvalue weighted by atomic mass is 15.4. The standard InChI is InChI=1S/C22H18N2/c23-24(22-12-6-10-19-9-4-5-11-21(19)22)20-15-13-18(14-16-20)17-7-2-1-3-8-17/h1-16H,23H2. The van der Waals surface area contributed by atoms with Gasteiger partial charge in [0.05, 0.1) is 11.4 Å². The van der Waals surface area contributed by atoms with Gasteiger partial charge < -0.3 is 0 Å². The van der Waals surface area contributed by atoms with E-state index in [4.69, 9.17) is 5.84 Å². The van der Waals surface area contributed by atoms with Crippen LogP contribution in [0.4, 0.5) is 11.4 Å². The molecule has 0 spiro atoms. The van der Waals surface area contributed by atoms with Crippen molar-refractivity contribution in [3.05, 3.63) is 97.1 Å². The van der Waals surface area contributed by atoms with E-state index in [0.29, 0.717) is 0 Å². The smallest absolute Gasteiger partial charge is 0.0653 e. The van der Waals surface area contributed by atoms with E-state index in [0.717, 1.165) is 16.8 Å². The van der Waals surface area contributed by atoms with E-state index >= 15 is 0 Å². The summed E-state index contributed by atoms with van der Waals surface area (Å²) in [4.78, 5) is 0. The van der Waals surface area contributed by atoms with Crippen LogP contribution in [0.2, 0.25) is 0 Å². The molecule has 0 aliphatic heterocycles. The van der Waals surface area contributed by atoms with Crippen LogP contribution in [0.25, 0.3) is 21.9 Å². The number of hydrogen-bond donors (Lipinski definition) is 1. The van der Waals surface area contributed by atoms with Crippen molar-refractivity contribution in [3.8, 4) is 11.1 Å². The maximum absolute atomic E-state index is 6.40. The summed E-state index contributed by atoms with van der Waals surface area (Å²) < 4.78 is 0. The van der Waals surface area contributed by atoms with Gasteiger partial charge in [-0.25, -0.2) is 5.84 Å². The van der Waals surface area contributed by atoms with Crippen LogP contribution in [0.15, 0.2) is 97.1 Å². The van der Waals surface area contributed by atoms with Crippen LogP contribution in [-0.4, -0.2) is 0 Å². The first-order valence-electron chi connectivity index (χ1n) is 8.01. The van der Waals surface area contributed by atoms with E-state index in [9.17, 15) is 0 Å². The lowest BCUT2D eigenvalue weighted by Crippen LogP contribution is -2.24. The highest BCUT2D eigenvalue weighted by molar-refractivity contribution is 5.95. The monoisotopic (exact) mass is 310 g/mol. The Morgan fingerprint density at radius 1 is 0.542 bits per heavy atom. The molecule has 2 N–H and O–H groups in total. The van der Waals surface area contributed by atoms with Crippen LogP contribution in [0, 0.1) is 0 Å². The lowest BCUT2D eigenvalue weighted by molar-refractivity contribution is 1.10. The SMILES string of the molecule is NN(c1ccc(-c2ccccc2)cc1)c1cccc2ccccc12. The summed E-state index contributed by atoms with van der Waals surface area (Å²) in [6.07, 6.45) is 0. The van der Waals surface area contributed by atoms with Gasteiger partial charge >= 0.3 is 0 Å². The van der Waals surface area contributed by atoms with Gasteiger partial charge in [-0.3, -0.25) is 5.01 Å². The molecular formula is C22H18N2. The summed E-state index contributed by atoms with van der Waals surface area (Å²) >= 11 is 0. The van der Waals surface area contributed by atoms with Crippen molar-refractivity contribution < 1.29 is 0 Å². The van der Waals surface area contributed by atoms with Gasteiger partial charge in [-0.05, 0) is 34.7 Å². The summed E-state index contributed by atoms with van der Waals surface area (Å²) in [5.74, 6) is 6.40. The molecule has 0 aliphatic rings. The highest BCUT2D eigenvalue weighted by Gasteiger charge is 2.08. The maximum Gasteiger partial charge on any atom is 0.0653 e. The van der Waals surface area contributed by atoms with Crippen molar-refractivity contribution in [2.24, 2.45) is 5.84 Å². The molecule has 0 fully saturated rings. The second kappa shape index (κ2) is 6.19. The predicted octanol–water partition coefficient (Wildman–Crippen LogP) is 5.52. The second-order valence-electron chi connectivity index (χ2n) is 5.78. The predicted molar refractivity (Wildman–Crippen MR) is 102 cm³/mol. The Balaban J connectivity index is 1.70. The van der Waals surface area contributed by atoms with Gasteiger partial charge in [-0.1, -0.05) is 78.9 Å². The lowest BCUT2D eigenvalue weighted by Gasteiger charge is -2.21. The fraction of sp³-hybridized carbons (Fsp3) is 0. The average molecular weight is 310 g/mol.